The van der Waals surface area contributed by atoms with Crippen LogP contribution in [0.15, 0.2) is 12.1 Å². The number of carbonyl (C=O) groups is 1. The molecule has 23 heavy (non-hydrogen) atoms. The van der Waals surface area contributed by atoms with Gasteiger partial charge >= 0.3 is 5.97 Å². The highest BCUT2D eigenvalue weighted by molar-refractivity contribution is 5.81. The Morgan fingerprint density at radius 2 is 2.04 bits per heavy atom. The SMILES string of the molecule is O=C(O)CCCCn1c(C2CCC2)nc2cc3c(cc21)OCO3. The van der Waals surface area contributed by atoms with E-state index < -0.39 is 5.97 Å². The number of fused-ring (bicyclic) bond motifs is 2. The number of carboxylic acids is 1. The normalized spacial score (nSPS) is 16.7. The van der Waals surface area contributed by atoms with Crippen molar-refractivity contribution < 1.29 is 19.4 Å². The van der Waals surface area contributed by atoms with Gasteiger partial charge in [0.1, 0.15) is 5.82 Å². The number of aromatic nitrogens is 2. The average molecular weight is 316 g/mol. The monoisotopic (exact) mass is 316 g/mol. The van der Waals surface area contributed by atoms with Gasteiger partial charge in [0.05, 0.1) is 11.0 Å². The topological polar surface area (TPSA) is 73.6 Å². The predicted octanol–water partition coefficient (Wildman–Crippen LogP) is 3.29. The summed E-state index contributed by atoms with van der Waals surface area (Å²) in [5.41, 5.74) is 2.00. The maximum atomic E-state index is 10.7. The van der Waals surface area contributed by atoms with Gasteiger partial charge in [0.2, 0.25) is 6.79 Å². The molecule has 0 saturated heterocycles. The van der Waals surface area contributed by atoms with Crippen molar-refractivity contribution in [2.24, 2.45) is 0 Å². The highest BCUT2D eigenvalue weighted by Crippen LogP contribution is 2.41. The van der Waals surface area contributed by atoms with Gasteiger partial charge in [-0.1, -0.05) is 6.42 Å². The van der Waals surface area contributed by atoms with Gasteiger partial charge in [0, 0.05) is 31.0 Å². The molecule has 1 aromatic heterocycles. The van der Waals surface area contributed by atoms with Crippen molar-refractivity contribution in [2.75, 3.05) is 6.79 Å². The second-order valence-electron chi connectivity index (χ2n) is 6.29. The zero-order chi connectivity index (χ0) is 15.8. The summed E-state index contributed by atoms with van der Waals surface area (Å²) >= 11 is 0. The Morgan fingerprint density at radius 3 is 2.74 bits per heavy atom. The molecule has 2 aromatic rings. The largest absolute Gasteiger partial charge is 0.481 e. The third-order valence-electron chi connectivity index (χ3n) is 4.76. The summed E-state index contributed by atoms with van der Waals surface area (Å²) in [6.07, 6.45) is 5.37. The molecule has 1 aromatic carbocycles. The number of aryl methyl sites for hydroxylation is 1. The van der Waals surface area contributed by atoms with Crippen LogP contribution in [0, 0.1) is 0 Å². The molecule has 0 amide bonds. The molecule has 1 saturated carbocycles. The molecular weight excluding hydrogens is 296 g/mol. The van der Waals surface area contributed by atoms with Crippen LogP contribution in [0.3, 0.4) is 0 Å². The lowest BCUT2D eigenvalue weighted by Gasteiger charge is -2.25. The van der Waals surface area contributed by atoms with Crippen molar-refractivity contribution in [3.63, 3.8) is 0 Å². The van der Waals surface area contributed by atoms with Gasteiger partial charge in [-0.2, -0.15) is 0 Å². The molecule has 0 unspecified atom stereocenters. The highest BCUT2D eigenvalue weighted by Gasteiger charge is 2.27. The highest BCUT2D eigenvalue weighted by atomic mass is 16.7. The van der Waals surface area contributed by atoms with Crippen molar-refractivity contribution in [1.82, 2.24) is 9.55 Å². The molecular formula is C17H20N2O4. The van der Waals surface area contributed by atoms with E-state index in [1.54, 1.807) is 0 Å². The maximum absolute atomic E-state index is 10.7. The van der Waals surface area contributed by atoms with E-state index in [4.69, 9.17) is 19.6 Å². The Kier molecular flexibility index (Phi) is 3.59. The van der Waals surface area contributed by atoms with Crippen LogP contribution in [-0.2, 0) is 11.3 Å². The van der Waals surface area contributed by atoms with E-state index in [0.29, 0.717) is 12.3 Å². The van der Waals surface area contributed by atoms with Crippen LogP contribution < -0.4 is 9.47 Å². The van der Waals surface area contributed by atoms with Crippen LogP contribution >= 0.6 is 0 Å². The lowest BCUT2D eigenvalue weighted by atomic mass is 9.85. The fourth-order valence-electron chi connectivity index (χ4n) is 3.29. The van der Waals surface area contributed by atoms with E-state index >= 15 is 0 Å². The van der Waals surface area contributed by atoms with Crippen molar-refractivity contribution in [1.29, 1.82) is 0 Å². The number of ether oxygens (including phenoxy) is 2. The number of nitrogens with zero attached hydrogens (tertiary/aromatic N) is 2. The van der Waals surface area contributed by atoms with Gasteiger partial charge in [-0.05, 0) is 25.7 Å². The van der Waals surface area contributed by atoms with E-state index in [0.717, 1.165) is 41.3 Å². The van der Waals surface area contributed by atoms with Crippen LogP contribution in [0.5, 0.6) is 11.5 Å². The van der Waals surface area contributed by atoms with E-state index in [9.17, 15) is 4.79 Å². The van der Waals surface area contributed by atoms with E-state index in [1.807, 2.05) is 12.1 Å². The Labute approximate surface area is 134 Å². The van der Waals surface area contributed by atoms with Crippen LogP contribution in [0.25, 0.3) is 11.0 Å². The summed E-state index contributed by atoms with van der Waals surface area (Å²) in [7, 11) is 0. The van der Waals surface area contributed by atoms with Gasteiger partial charge in [-0.3, -0.25) is 4.79 Å². The van der Waals surface area contributed by atoms with Crippen molar-refractivity contribution in [3.05, 3.63) is 18.0 Å². The number of benzene rings is 1. The van der Waals surface area contributed by atoms with Crippen molar-refractivity contribution in [3.8, 4) is 11.5 Å². The van der Waals surface area contributed by atoms with Crippen molar-refractivity contribution >= 4 is 17.0 Å². The summed E-state index contributed by atoms with van der Waals surface area (Å²) in [6, 6.07) is 3.96. The zero-order valence-corrected chi connectivity index (χ0v) is 13.0. The molecule has 6 heteroatoms. The first-order valence-electron chi connectivity index (χ1n) is 8.24. The molecule has 122 valence electrons. The molecule has 0 bridgehead atoms. The van der Waals surface area contributed by atoms with Gasteiger partial charge in [0.25, 0.3) is 0 Å². The number of aliphatic carboxylic acids is 1. The summed E-state index contributed by atoms with van der Waals surface area (Å²) in [5.74, 6) is 2.45. The number of unbranched alkanes of at least 4 members (excludes halogenated alkanes) is 1. The van der Waals surface area contributed by atoms with Gasteiger partial charge < -0.3 is 19.1 Å². The van der Waals surface area contributed by atoms with Gasteiger partial charge in [-0.25, -0.2) is 4.98 Å². The summed E-state index contributed by atoms with van der Waals surface area (Å²) < 4.78 is 13.2. The number of hydrogen-bond donors (Lipinski definition) is 1. The molecule has 0 radical (unpaired) electrons. The molecule has 4 rings (SSSR count). The van der Waals surface area contributed by atoms with Crippen LogP contribution in [0.2, 0.25) is 0 Å². The maximum Gasteiger partial charge on any atom is 0.303 e. The minimum absolute atomic E-state index is 0.220. The third kappa shape index (κ3) is 2.62. The quantitative estimate of drug-likeness (QED) is 0.828. The zero-order valence-electron chi connectivity index (χ0n) is 13.0. The summed E-state index contributed by atoms with van der Waals surface area (Å²) in [5, 5.41) is 8.79. The standard InChI is InChI=1S/C17H20N2O4/c20-16(21)6-1-2-7-19-13-9-15-14(22-10-23-15)8-12(13)18-17(19)11-4-3-5-11/h8-9,11H,1-7,10H2,(H,20,21). The number of imidazole rings is 1. The fourth-order valence-corrected chi connectivity index (χ4v) is 3.29. The first-order valence-corrected chi connectivity index (χ1v) is 8.24. The minimum atomic E-state index is -0.733. The lowest BCUT2D eigenvalue weighted by Crippen LogP contribution is -2.15. The van der Waals surface area contributed by atoms with Crippen LogP contribution in [0.4, 0.5) is 0 Å². The molecule has 1 aliphatic heterocycles. The molecule has 1 aliphatic carbocycles. The third-order valence-corrected chi connectivity index (χ3v) is 4.76. The second kappa shape index (κ2) is 5.76. The first-order chi connectivity index (χ1) is 11.2. The molecule has 1 fully saturated rings. The fraction of sp³-hybridized carbons (Fsp3) is 0.529. The Morgan fingerprint density at radius 1 is 1.26 bits per heavy atom. The molecule has 6 nitrogen and oxygen atoms in total. The average Bonchev–Trinajstić information content (AvgIpc) is 3.03. The predicted molar refractivity (Wildman–Crippen MR) is 83.9 cm³/mol. The Bertz CT molecular complexity index is 749. The number of rotatable bonds is 6. The molecule has 2 heterocycles. The number of carboxylic acid groups (broad SMARTS) is 1. The van der Waals surface area contributed by atoms with E-state index in [-0.39, 0.29) is 13.2 Å². The molecule has 0 spiro atoms. The van der Waals surface area contributed by atoms with E-state index in [2.05, 4.69) is 4.57 Å². The molecule has 1 N–H and O–H groups in total. The Hall–Kier alpha value is -2.24. The van der Waals surface area contributed by atoms with Gasteiger partial charge in [0.15, 0.2) is 11.5 Å². The molecule has 2 aliphatic rings. The van der Waals surface area contributed by atoms with Crippen LogP contribution in [-0.4, -0.2) is 27.4 Å². The molecule has 0 atom stereocenters. The van der Waals surface area contributed by atoms with Crippen molar-refractivity contribution in [2.45, 2.75) is 51.0 Å². The van der Waals surface area contributed by atoms with Gasteiger partial charge in [-0.15, -0.1) is 0 Å². The smallest absolute Gasteiger partial charge is 0.303 e. The van der Waals surface area contributed by atoms with Crippen LogP contribution in [0.1, 0.15) is 50.3 Å². The number of hydrogen-bond acceptors (Lipinski definition) is 4. The summed E-state index contributed by atoms with van der Waals surface area (Å²) in [6.45, 7) is 1.06. The first kappa shape index (κ1) is 14.4. The summed E-state index contributed by atoms with van der Waals surface area (Å²) in [4.78, 5) is 15.5. The second-order valence-corrected chi connectivity index (χ2v) is 6.29. The lowest BCUT2D eigenvalue weighted by molar-refractivity contribution is -0.137. The van der Waals surface area contributed by atoms with E-state index in [1.165, 1.54) is 19.3 Å². The Balaban J connectivity index is 1.65. The minimum Gasteiger partial charge on any atom is -0.481 e.